The lowest BCUT2D eigenvalue weighted by Crippen LogP contribution is -2.16. The third kappa shape index (κ3) is 3.37. The summed E-state index contributed by atoms with van der Waals surface area (Å²) >= 11 is 0. The maximum atomic E-state index is 10.0. The van der Waals surface area contributed by atoms with E-state index in [2.05, 4.69) is 6.92 Å². The summed E-state index contributed by atoms with van der Waals surface area (Å²) in [6.07, 6.45) is 1.51. The van der Waals surface area contributed by atoms with Crippen LogP contribution in [0.3, 0.4) is 0 Å². The highest BCUT2D eigenvalue weighted by Crippen LogP contribution is 2.32. The number of aliphatic hydroxyl groups excluding tert-OH is 1. The molecule has 1 atom stereocenters. The van der Waals surface area contributed by atoms with E-state index >= 15 is 0 Å². The molecule has 1 unspecified atom stereocenters. The van der Waals surface area contributed by atoms with Gasteiger partial charge in [-0.25, -0.2) is 0 Å². The van der Waals surface area contributed by atoms with Gasteiger partial charge in [-0.15, -0.1) is 0 Å². The fraction of sp³-hybridized carbons (Fsp3) is 0.571. The van der Waals surface area contributed by atoms with E-state index in [1.807, 2.05) is 18.2 Å². The summed E-state index contributed by atoms with van der Waals surface area (Å²) in [6.45, 7) is 4.26. The van der Waals surface area contributed by atoms with Crippen LogP contribution < -0.4 is 9.47 Å². The first kappa shape index (κ1) is 13.2. The molecule has 1 aromatic carbocycles. The average Bonchev–Trinajstić information content (AvgIpc) is 2.43. The standard InChI is InChI=1S/C14H20O4/c1-2-3-6-16-10-12(15)11-4-5-13-14(9-11)18-8-7-17-13/h4-5,9,12,15H,2-3,6-8,10H2,1H3. The molecule has 1 aromatic rings. The zero-order chi connectivity index (χ0) is 12.8. The SMILES string of the molecule is CCCCOCC(O)c1ccc2c(c1)OCCO2. The number of ether oxygens (including phenoxy) is 3. The van der Waals surface area contributed by atoms with Crippen molar-refractivity contribution in [3.63, 3.8) is 0 Å². The topological polar surface area (TPSA) is 47.9 Å². The van der Waals surface area contributed by atoms with Gasteiger partial charge in [0.1, 0.15) is 19.3 Å². The molecule has 2 rings (SSSR count). The van der Waals surface area contributed by atoms with Gasteiger partial charge in [0, 0.05) is 6.61 Å². The lowest BCUT2D eigenvalue weighted by Gasteiger charge is -2.20. The Morgan fingerprint density at radius 1 is 1.28 bits per heavy atom. The van der Waals surface area contributed by atoms with E-state index in [-0.39, 0.29) is 0 Å². The molecular weight excluding hydrogens is 232 g/mol. The zero-order valence-corrected chi connectivity index (χ0v) is 10.7. The summed E-state index contributed by atoms with van der Waals surface area (Å²) < 4.78 is 16.3. The Balaban J connectivity index is 1.91. The Labute approximate surface area is 107 Å². The number of unbranched alkanes of at least 4 members (excludes halogenated alkanes) is 1. The van der Waals surface area contributed by atoms with Crippen molar-refractivity contribution in [3.05, 3.63) is 23.8 Å². The van der Waals surface area contributed by atoms with Crippen LogP contribution in [0.2, 0.25) is 0 Å². The summed E-state index contributed by atoms with van der Waals surface area (Å²) in [7, 11) is 0. The smallest absolute Gasteiger partial charge is 0.161 e. The first-order valence-corrected chi connectivity index (χ1v) is 6.46. The number of rotatable bonds is 6. The molecule has 18 heavy (non-hydrogen) atoms. The normalized spacial score (nSPS) is 15.4. The minimum absolute atomic E-state index is 0.319. The van der Waals surface area contributed by atoms with Gasteiger partial charge in [0.25, 0.3) is 0 Å². The van der Waals surface area contributed by atoms with Crippen LogP contribution >= 0.6 is 0 Å². The van der Waals surface area contributed by atoms with Crippen molar-refractivity contribution in [3.8, 4) is 11.5 Å². The van der Waals surface area contributed by atoms with Gasteiger partial charge in [0.2, 0.25) is 0 Å². The van der Waals surface area contributed by atoms with Crippen LogP contribution in [0.15, 0.2) is 18.2 Å². The molecule has 1 heterocycles. The van der Waals surface area contributed by atoms with Crippen molar-refractivity contribution in [1.29, 1.82) is 0 Å². The van der Waals surface area contributed by atoms with E-state index in [0.717, 1.165) is 24.2 Å². The van der Waals surface area contributed by atoms with E-state index < -0.39 is 6.10 Å². The predicted molar refractivity (Wildman–Crippen MR) is 68.1 cm³/mol. The molecule has 0 bridgehead atoms. The lowest BCUT2D eigenvalue weighted by molar-refractivity contribution is 0.0346. The number of benzene rings is 1. The molecule has 1 aliphatic heterocycles. The van der Waals surface area contributed by atoms with Crippen molar-refractivity contribution < 1.29 is 19.3 Å². The van der Waals surface area contributed by atoms with Crippen molar-refractivity contribution in [2.45, 2.75) is 25.9 Å². The van der Waals surface area contributed by atoms with Crippen molar-refractivity contribution in [1.82, 2.24) is 0 Å². The summed E-state index contributed by atoms with van der Waals surface area (Å²) in [5.74, 6) is 1.44. The second-order valence-corrected chi connectivity index (χ2v) is 4.35. The van der Waals surface area contributed by atoms with Crippen LogP contribution in [0, 0.1) is 0 Å². The van der Waals surface area contributed by atoms with Crippen LogP contribution in [0.1, 0.15) is 31.4 Å². The molecule has 1 aliphatic rings. The molecule has 4 heteroatoms. The summed E-state index contributed by atoms with van der Waals surface area (Å²) in [4.78, 5) is 0. The van der Waals surface area contributed by atoms with E-state index in [0.29, 0.717) is 32.2 Å². The fourth-order valence-electron chi connectivity index (χ4n) is 1.80. The van der Waals surface area contributed by atoms with E-state index in [1.54, 1.807) is 0 Å². The fourth-order valence-corrected chi connectivity index (χ4v) is 1.80. The number of aliphatic hydroxyl groups is 1. The van der Waals surface area contributed by atoms with Crippen molar-refractivity contribution in [2.75, 3.05) is 26.4 Å². The number of fused-ring (bicyclic) bond motifs is 1. The van der Waals surface area contributed by atoms with Crippen LogP contribution in [-0.4, -0.2) is 31.5 Å². The van der Waals surface area contributed by atoms with Crippen LogP contribution in [-0.2, 0) is 4.74 Å². The Bertz CT molecular complexity index is 378. The van der Waals surface area contributed by atoms with E-state index in [9.17, 15) is 5.11 Å². The molecular formula is C14H20O4. The highest BCUT2D eigenvalue weighted by atomic mass is 16.6. The van der Waals surface area contributed by atoms with Gasteiger partial charge in [0.05, 0.1) is 6.61 Å². The molecule has 0 spiro atoms. The molecule has 0 saturated carbocycles. The first-order chi connectivity index (χ1) is 8.81. The molecule has 0 fully saturated rings. The highest BCUT2D eigenvalue weighted by Gasteiger charge is 2.15. The van der Waals surface area contributed by atoms with Gasteiger partial charge in [-0.1, -0.05) is 19.4 Å². The minimum Gasteiger partial charge on any atom is -0.486 e. The molecule has 0 aromatic heterocycles. The molecule has 0 amide bonds. The molecule has 0 aliphatic carbocycles. The molecule has 4 nitrogen and oxygen atoms in total. The molecule has 100 valence electrons. The van der Waals surface area contributed by atoms with Crippen LogP contribution in [0.5, 0.6) is 11.5 Å². The lowest BCUT2D eigenvalue weighted by atomic mass is 10.1. The largest absolute Gasteiger partial charge is 0.486 e. The first-order valence-electron chi connectivity index (χ1n) is 6.46. The summed E-state index contributed by atoms with van der Waals surface area (Å²) in [6, 6.07) is 5.50. The predicted octanol–water partition coefficient (Wildman–Crippen LogP) is 2.31. The monoisotopic (exact) mass is 252 g/mol. The number of hydrogen-bond acceptors (Lipinski definition) is 4. The second kappa shape index (κ2) is 6.61. The molecule has 0 radical (unpaired) electrons. The van der Waals surface area contributed by atoms with Crippen LogP contribution in [0.25, 0.3) is 0 Å². The summed E-state index contributed by atoms with van der Waals surface area (Å²) in [5, 5.41) is 10.0. The van der Waals surface area contributed by atoms with Gasteiger partial charge in [-0.2, -0.15) is 0 Å². The summed E-state index contributed by atoms with van der Waals surface area (Å²) in [5.41, 5.74) is 0.802. The van der Waals surface area contributed by atoms with Gasteiger partial charge in [-0.3, -0.25) is 0 Å². The third-order valence-electron chi connectivity index (χ3n) is 2.87. The quantitative estimate of drug-likeness (QED) is 0.789. The van der Waals surface area contributed by atoms with Crippen LogP contribution in [0.4, 0.5) is 0 Å². The van der Waals surface area contributed by atoms with Gasteiger partial charge >= 0.3 is 0 Å². The van der Waals surface area contributed by atoms with Gasteiger partial charge in [-0.05, 0) is 24.1 Å². The molecule has 0 saturated heterocycles. The van der Waals surface area contributed by atoms with Gasteiger partial charge in [0.15, 0.2) is 11.5 Å². The van der Waals surface area contributed by atoms with Gasteiger partial charge < -0.3 is 19.3 Å². The Hall–Kier alpha value is -1.26. The van der Waals surface area contributed by atoms with E-state index in [1.165, 1.54) is 0 Å². The average molecular weight is 252 g/mol. The maximum absolute atomic E-state index is 10.0. The Kier molecular flexibility index (Phi) is 4.84. The maximum Gasteiger partial charge on any atom is 0.161 e. The Morgan fingerprint density at radius 2 is 2.06 bits per heavy atom. The minimum atomic E-state index is -0.613. The molecule has 1 N–H and O–H groups in total. The van der Waals surface area contributed by atoms with Crippen molar-refractivity contribution >= 4 is 0 Å². The highest BCUT2D eigenvalue weighted by molar-refractivity contribution is 5.44. The number of hydrogen-bond donors (Lipinski definition) is 1. The second-order valence-electron chi connectivity index (χ2n) is 4.35. The van der Waals surface area contributed by atoms with E-state index in [4.69, 9.17) is 14.2 Å². The zero-order valence-electron chi connectivity index (χ0n) is 10.7. The Morgan fingerprint density at radius 3 is 2.83 bits per heavy atom. The third-order valence-corrected chi connectivity index (χ3v) is 2.87. The van der Waals surface area contributed by atoms with Crippen molar-refractivity contribution in [2.24, 2.45) is 0 Å².